The second-order valence-corrected chi connectivity index (χ2v) is 4.57. The second kappa shape index (κ2) is 4.13. The third-order valence-electron chi connectivity index (χ3n) is 3.39. The van der Waals surface area contributed by atoms with Crippen molar-refractivity contribution in [3.05, 3.63) is 34.9 Å². The monoisotopic (exact) mass is 225 g/mol. The summed E-state index contributed by atoms with van der Waals surface area (Å²) in [5, 5.41) is 2.88. The molecule has 1 fully saturated rings. The van der Waals surface area contributed by atoms with Crippen molar-refractivity contribution in [2.24, 2.45) is 0 Å². The Morgan fingerprint density at radius 3 is 2.56 bits per heavy atom. The maximum atomic E-state index is 14.1. The van der Waals surface area contributed by atoms with E-state index in [0.29, 0.717) is 13.0 Å². The number of halogens is 2. The lowest BCUT2D eigenvalue weighted by Crippen LogP contribution is -2.38. The highest BCUT2D eigenvalue weighted by Gasteiger charge is 2.42. The van der Waals surface area contributed by atoms with Gasteiger partial charge in [-0.3, -0.25) is 0 Å². The SMILES string of the molecule is Cc1ccc(C(F)(F)C2CCCN2)cc1C. The van der Waals surface area contributed by atoms with Gasteiger partial charge in [0.15, 0.2) is 0 Å². The molecule has 0 spiro atoms. The van der Waals surface area contributed by atoms with Gasteiger partial charge in [0.2, 0.25) is 0 Å². The van der Waals surface area contributed by atoms with Crippen LogP contribution in [0, 0.1) is 13.8 Å². The Morgan fingerprint density at radius 1 is 1.25 bits per heavy atom. The van der Waals surface area contributed by atoms with Crippen molar-refractivity contribution in [1.82, 2.24) is 5.32 Å². The van der Waals surface area contributed by atoms with E-state index in [-0.39, 0.29) is 5.56 Å². The second-order valence-electron chi connectivity index (χ2n) is 4.57. The zero-order valence-electron chi connectivity index (χ0n) is 9.69. The highest BCUT2D eigenvalue weighted by molar-refractivity contribution is 5.33. The van der Waals surface area contributed by atoms with E-state index in [2.05, 4.69) is 5.32 Å². The molecule has 1 atom stereocenters. The first kappa shape index (κ1) is 11.5. The van der Waals surface area contributed by atoms with Gasteiger partial charge in [0, 0.05) is 5.56 Å². The lowest BCUT2D eigenvalue weighted by atomic mass is 9.96. The molecule has 1 heterocycles. The highest BCUT2D eigenvalue weighted by atomic mass is 19.3. The molecule has 1 aliphatic heterocycles. The molecule has 0 bridgehead atoms. The maximum absolute atomic E-state index is 14.1. The first-order valence-electron chi connectivity index (χ1n) is 5.71. The van der Waals surface area contributed by atoms with E-state index < -0.39 is 12.0 Å². The molecule has 3 heteroatoms. The normalized spacial score (nSPS) is 21.4. The van der Waals surface area contributed by atoms with Crippen LogP contribution >= 0.6 is 0 Å². The zero-order valence-corrected chi connectivity index (χ0v) is 9.69. The fraction of sp³-hybridized carbons (Fsp3) is 0.538. The summed E-state index contributed by atoms with van der Waals surface area (Å²) in [6.07, 6.45) is 1.39. The molecule has 16 heavy (non-hydrogen) atoms. The van der Waals surface area contributed by atoms with E-state index in [9.17, 15) is 8.78 Å². The van der Waals surface area contributed by atoms with Crippen LogP contribution in [-0.2, 0) is 5.92 Å². The van der Waals surface area contributed by atoms with Crippen molar-refractivity contribution in [2.75, 3.05) is 6.54 Å². The quantitative estimate of drug-likeness (QED) is 0.815. The number of hydrogen-bond donors (Lipinski definition) is 1. The van der Waals surface area contributed by atoms with Gasteiger partial charge in [-0.1, -0.05) is 12.1 Å². The molecule has 1 N–H and O–H groups in total. The lowest BCUT2D eigenvalue weighted by molar-refractivity contribution is -0.0377. The van der Waals surface area contributed by atoms with Crippen LogP contribution < -0.4 is 5.32 Å². The predicted molar refractivity (Wildman–Crippen MR) is 60.8 cm³/mol. The summed E-state index contributed by atoms with van der Waals surface area (Å²) in [4.78, 5) is 0. The van der Waals surface area contributed by atoms with Crippen molar-refractivity contribution in [3.63, 3.8) is 0 Å². The number of aryl methyl sites for hydroxylation is 2. The summed E-state index contributed by atoms with van der Waals surface area (Å²) in [6.45, 7) is 4.51. The molecule has 88 valence electrons. The maximum Gasteiger partial charge on any atom is 0.288 e. The fourth-order valence-corrected chi connectivity index (χ4v) is 2.14. The van der Waals surface area contributed by atoms with E-state index in [1.807, 2.05) is 13.8 Å². The fourth-order valence-electron chi connectivity index (χ4n) is 2.14. The summed E-state index contributed by atoms with van der Waals surface area (Å²) in [5.41, 5.74) is 2.11. The minimum absolute atomic E-state index is 0.134. The van der Waals surface area contributed by atoms with Crippen LogP contribution in [0.3, 0.4) is 0 Å². The predicted octanol–water partition coefficient (Wildman–Crippen LogP) is 3.15. The van der Waals surface area contributed by atoms with Crippen molar-refractivity contribution in [2.45, 2.75) is 38.7 Å². The van der Waals surface area contributed by atoms with Crippen molar-refractivity contribution in [3.8, 4) is 0 Å². The number of hydrogen-bond acceptors (Lipinski definition) is 1. The van der Waals surface area contributed by atoms with Gasteiger partial charge in [-0.15, -0.1) is 0 Å². The Morgan fingerprint density at radius 2 is 2.00 bits per heavy atom. The van der Waals surface area contributed by atoms with Gasteiger partial charge >= 0.3 is 0 Å². The molecule has 1 saturated heterocycles. The molecule has 1 aromatic rings. The van der Waals surface area contributed by atoms with Gasteiger partial charge in [-0.2, -0.15) is 8.78 Å². The van der Waals surface area contributed by atoms with Crippen LogP contribution in [0.15, 0.2) is 18.2 Å². The zero-order chi connectivity index (χ0) is 11.8. The largest absolute Gasteiger partial charge is 0.308 e. The van der Waals surface area contributed by atoms with Crippen molar-refractivity contribution >= 4 is 0 Å². The average Bonchev–Trinajstić information content (AvgIpc) is 2.75. The molecule has 0 saturated carbocycles. The van der Waals surface area contributed by atoms with Gasteiger partial charge in [0.1, 0.15) is 0 Å². The molecular weight excluding hydrogens is 208 g/mol. The van der Waals surface area contributed by atoms with Crippen molar-refractivity contribution < 1.29 is 8.78 Å². The van der Waals surface area contributed by atoms with E-state index in [1.165, 1.54) is 0 Å². The minimum atomic E-state index is -2.76. The number of rotatable bonds is 2. The Hall–Kier alpha value is -0.960. The van der Waals surface area contributed by atoms with Gasteiger partial charge in [0.25, 0.3) is 5.92 Å². The summed E-state index contributed by atoms with van der Waals surface area (Å²) in [6, 6.07) is 4.22. The molecule has 1 unspecified atom stereocenters. The molecule has 2 rings (SSSR count). The molecule has 0 aliphatic carbocycles. The van der Waals surface area contributed by atoms with Crippen LogP contribution in [0.4, 0.5) is 8.78 Å². The Labute approximate surface area is 94.9 Å². The molecule has 0 radical (unpaired) electrons. The Balaban J connectivity index is 2.30. The van der Waals surface area contributed by atoms with Crippen LogP contribution in [0.2, 0.25) is 0 Å². The summed E-state index contributed by atoms with van der Waals surface area (Å²) in [7, 11) is 0. The number of benzene rings is 1. The first-order chi connectivity index (χ1) is 7.51. The van der Waals surface area contributed by atoms with E-state index >= 15 is 0 Å². The van der Waals surface area contributed by atoms with Gasteiger partial charge in [-0.25, -0.2) is 0 Å². The molecule has 1 nitrogen and oxygen atoms in total. The van der Waals surface area contributed by atoms with Gasteiger partial charge in [0.05, 0.1) is 6.04 Å². The summed E-state index contributed by atoms with van der Waals surface area (Å²) >= 11 is 0. The first-order valence-corrected chi connectivity index (χ1v) is 5.71. The van der Waals surface area contributed by atoms with E-state index in [4.69, 9.17) is 0 Å². The third kappa shape index (κ3) is 1.96. The molecule has 0 amide bonds. The van der Waals surface area contributed by atoms with Crippen LogP contribution in [0.25, 0.3) is 0 Å². The summed E-state index contributed by atoms with van der Waals surface area (Å²) < 4.78 is 28.2. The van der Waals surface area contributed by atoms with Crippen LogP contribution in [0.1, 0.15) is 29.5 Å². The van der Waals surface area contributed by atoms with E-state index in [1.54, 1.807) is 18.2 Å². The van der Waals surface area contributed by atoms with Crippen LogP contribution in [-0.4, -0.2) is 12.6 Å². The highest BCUT2D eigenvalue weighted by Crippen LogP contribution is 2.36. The topological polar surface area (TPSA) is 12.0 Å². The molecule has 1 aromatic carbocycles. The number of nitrogens with one attached hydrogen (secondary N) is 1. The van der Waals surface area contributed by atoms with Gasteiger partial charge in [-0.05, 0) is 50.4 Å². The standard InChI is InChI=1S/C13H17F2N/c1-9-5-6-11(8-10(9)2)13(14,15)12-4-3-7-16-12/h5-6,8,12,16H,3-4,7H2,1-2H3. The van der Waals surface area contributed by atoms with Gasteiger partial charge < -0.3 is 5.32 Å². The van der Waals surface area contributed by atoms with Crippen LogP contribution in [0.5, 0.6) is 0 Å². The lowest BCUT2D eigenvalue weighted by Gasteiger charge is -2.24. The summed E-state index contributed by atoms with van der Waals surface area (Å²) in [5.74, 6) is -2.76. The average molecular weight is 225 g/mol. The Kier molecular flexibility index (Phi) is 2.98. The Bertz CT molecular complexity index is 382. The smallest absolute Gasteiger partial charge is 0.288 e. The van der Waals surface area contributed by atoms with Crippen molar-refractivity contribution in [1.29, 1.82) is 0 Å². The minimum Gasteiger partial charge on any atom is -0.308 e. The molecule has 0 aromatic heterocycles. The molecular formula is C13H17F2N. The molecule has 1 aliphatic rings. The van der Waals surface area contributed by atoms with E-state index in [0.717, 1.165) is 17.5 Å². The number of alkyl halides is 2. The third-order valence-corrected chi connectivity index (χ3v) is 3.39.